The summed E-state index contributed by atoms with van der Waals surface area (Å²) < 4.78 is 0. The van der Waals surface area contributed by atoms with Gasteiger partial charge in [-0.15, -0.1) is 0 Å². The Kier molecular flexibility index (Phi) is 4.25. The summed E-state index contributed by atoms with van der Waals surface area (Å²) in [5, 5.41) is 2.53. The molecule has 0 radical (unpaired) electrons. The van der Waals surface area contributed by atoms with E-state index in [1.807, 2.05) is 0 Å². The molecule has 31 heavy (non-hydrogen) atoms. The summed E-state index contributed by atoms with van der Waals surface area (Å²) in [5.41, 5.74) is 8.32. The SMILES string of the molecule is c1ccc(C2=Nc3ccccc3-c3c(ccc4ccccc34)[C@H]2c2ccccc2)cc1. The molecular weight excluding hydrogens is 374 g/mol. The van der Waals surface area contributed by atoms with E-state index in [4.69, 9.17) is 4.99 Å². The van der Waals surface area contributed by atoms with Crippen molar-refractivity contribution in [2.45, 2.75) is 5.92 Å². The molecule has 1 heteroatoms. The molecule has 0 fully saturated rings. The molecule has 1 atom stereocenters. The number of para-hydroxylation sites is 1. The highest BCUT2D eigenvalue weighted by molar-refractivity contribution is 6.13. The lowest BCUT2D eigenvalue weighted by atomic mass is 9.80. The summed E-state index contributed by atoms with van der Waals surface area (Å²) in [6, 6.07) is 43.1. The summed E-state index contributed by atoms with van der Waals surface area (Å²) in [4.78, 5) is 5.31. The van der Waals surface area contributed by atoms with E-state index in [9.17, 15) is 0 Å². The number of hydrogen-bond acceptors (Lipinski definition) is 1. The van der Waals surface area contributed by atoms with Crippen LogP contribution in [0, 0.1) is 0 Å². The predicted octanol–water partition coefficient (Wildman–Crippen LogP) is 7.77. The minimum atomic E-state index is 0.0515. The van der Waals surface area contributed by atoms with Crippen molar-refractivity contribution in [2.24, 2.45) is 4.99 Å². The van der Waals surface area contributed by atoms with Gasteiger partial charge < -0.3 is 0 Å². The van der Waals surface area contributed by atoms with E-state index >= 15 is 0 Å². The monoisotopic (exact) mass is 395 g/mol. The Bertz CT molecular complexity index is 1420. The van der Waals surface area contributed by atoms with Crippen molar-refractivity contribution in [1.29, 1.82) is 0 Å². The van der Waals surface area contributed by atoms with Crippen molar-refractivity contribution in [3.63, 3.8) is 0 Å². The first-order valence-corrected chi connectivity index (χ1v) is 10.7. The van der Waals surface area contributed by atoms with E-state index in [1.54, 1.807) is 0 Å². The number of hydrogen-bond donors (Lipinski definition) is 0. The first-order valence-electron chi connectivity index (χ1n) is 10.7. The van der Waals surface area contributed by atoms with Crippen molar-refractivity contribution < 1.29 is 0 Å². The van der Waals surface area contributed by atoms with Crippen molar-refractivity contribution in [1.82, 2.24) is 0 Å². The van der Waals surface area contributed by atoms with Crippen LogP contribution < -0.4 is 0 Å². The Balaban J connectivity index is 1.76. The summed E-state index contributed by atoms with van der Waals surface area (Å²) >= 11 is 0. The van der Waals surface area contributed by atoms with Crippen LogP contribution >= 0.6 is 0 Å². The molecule has 0 saturated heterocycles. The first-order chi connectivity index (χ1) is 15.4. The molecule has 146 valence electrons. The molecular formula is C30H21N. The zero-order valence-corrected chi connectivity index (χ0v) is 17.1. The van der Waals surface area contributed by atoms with Gasteiger partial charge in [-0.3, -0.25) is 4.99 Å². The zero-order valence-electron chi connectivity index (χ0n) is 17.1. The average molecular weight is 396 g/mol. The third kappa shape index (κ3) is 2.98. The fourth-order valence-electron chi connectivity index (χ4n) is 4.78. The standard InChI is InChI=1S/C30H21N/c1-3-12-22(13-4-1)28-26-20-19-21-11-7-8-16-24(21)29(26)25-17-9-10-18-27(25)31-30(28)23-14-5-2-6-15-23/h1-20,28H/t28-/m1/s1. The lowest BCUT2D eigenvalue weighted by molar-refractivity contribution is 1.09. The Morgan fingerprint density at radius 1 is 0.548 bits per heavy atom. The van der Waals surface area contributed by atoms with Crippen molar-refractivity contribution >= 4 is 22.2 Å². The highest BCUT2D eigenvalue weighted by Crippen LogP contribution is 2.46. The van der Waals surface area contributed by atoms with E-state index in [-0.39, 0.29) is 5.92 Å². The van der Waals surface area contributed by atoms with Crippen LogP contribution in [0.3, 0.4) is 0 Å². The Labute approximate surface area is 182 Å². The Morgan fingerprint density at radius 2 is 1.23 bits per heavy atom. The average Bonchev–Trinajstić information content (AvgIpc) is 3.00. The molecule has 5 aromatic rings. The van der Waals surface area contributed by atoms with Crippen molar-refractivity contribution in [3.05, 3.63) is 138 Å². The van der Waals surface area contributed by atoms with Crippen LogP contribution in [0.1, 0.15) is 22.6 Å². The van der Waals surface area contributed by atoms with E-state index in [2.05, 4.69) is 121 Å². The molecule has 0 unspecified atom stereocenters. The first kappa shape index (κ1) is 17.9. The van der Waals surface area contributed by atoms with Gasteiger partial charge in [-0.05, 0) is 39.1 Å². The molecule has 0 aliphatic carbocycles. The highest BCUT2D eigenvalue weighted by Gasteiger charge is 2.29. The van der Waals surface area contributed by atoms with Crippen LogP contribution in [0.2, 0.25) is 0 Å². The minimum Gasteiger partial charge on any atom is -0.251 e. The van der Waals surface area contributed by atoms with Gasteiger partial charge in [-0.2, -0.15) is 0 Å². The van der Waals surface area contributed by atoms with Gasteiger partial charge in [0.15, 0.2) is 0 Å². The number of rotatable bonds is 2. The second-order valence-corrected chi connectivity index (χ2v) is 7.97. The van der Waals surface area contributed by atoms with Gasteiger partial charge in [0.25, 0.3) is 0 Å². The second kappa shape index (κ2) is 7.37. The number of fused-ring (bicyclic) bond motifs is 5. The number of aliphatic imine (C=N–C) groups is 1. The molecule has 0 saturated carbocycles. The molecule has 0 spiro atoms. The summed E-state index contributed by atoms with van der Waals surface area (Å²) in [6.07, 6.45) is 0. The Morgan fingerprint density at radius 3 is 2.06 bits per heavy atom. The van der Waals surface area contributed by atoms with E-state index in [1.165, 1.54) is 33.0 Å². The molecule has 0 N–H and O–H groups in total. The smallest absolute Gasteiger partial charge is 0.0712 e. The van der Waals surface area contributed by atoms with Crippen LogP contribution in [0.4, 0.5) is 5.69 Å². The normalized spacial score (nSPS) is 15.0. The number of benzene rings is 5. The molecule has 1 heterocycles. The molecule has 5 aromatic carbocycles. The van der Waals surface area contributed by atoms with Crippen molar-refractivity contribution in [3.8, 4) is 11.1 Å². The lowest BCUT2D eigenvalue weighted by Crippen LogP contribution is -2.15. The molecule has 1 aliphatic heterocycles. The van der Waals surface area contributed by atoms with Crippen LogP contribution in [-0.4, -0.2) is 5.71 Å². The van der Waals surface area contributed by atoms with Gasteiger partial charge >= 0.3 is 0 Å². The maximum atomic E-state index is 5.31. The number of nitrogens with zero attached hydrogens (tertiary/aromatic N) is 1. The van der Waals surface area contributed by atoms with Crippen LogP contribution in [0.5, 0.6) is 0 Å². The van der Waals surface area contributed by atoms with Crippen LogP contribution in [-0.2, 0) is 0 Å². The molecule has 0 aromatic heterocycles. The molecule has 1 aliphatic rings. The van der Waals surface area contributed by atoms with Gasteiger partial charge in [0.05, 0.1) is 17.3 Å². The van der Waals surface area contributed by atoms with Gasteiger partial charge in [-0.1, -0.05) is 115 Å². The lowest BCUT2D eigenvalue weighted by Gasteiger charge is -2.22. The van der Waals surface area contributed by atoms with Crippen LogP contribution in [0.25, 0.3) is 21.9 Å². The fraction of sp³-hybridized carbons (Fsp3) is 0.0333. The fourth-order valence-corrected chi connectivity index (χ4v) is 4.78. The predicted molar refractivity (Wildman–Crippen MR) is 130 cm³/mol. The maximum Gasteiger partial charge on any atom is 0.0712 e. The minimum absolute atomic E-state index is 0.0515. The largest absolute Gasteiger partial charge is 0.251 e. The Hall–Kier alpha value is -3.97. The van der Waals surface area contributed by atoms with E-state index in [0.29, 0.717) is 0 Å². The highest BCUT2D eigenvalue weighted by atomic mass is 14.8. The maximum absolute atomic E-state index is 5.31. The summed E-state index contributed by atoms with van der Waals surface area (Å²) in [5.74, 6) is 0.0515. The molecule has 0 amide bonds. The van der Waals surface area contributed by atoms with Gasteiger partial charge in [0.1, 0.15) is 0 Å². The summed E-state index contributed by atoms with van der Waals surface area (Å²) in [6.45, 7) is 0. The van der Waals surface area contributed by atoms with Gasteiger partial charge in [0, 0.05) is 5.56 Å². The third-order valence-corrected chi connectivity index (χ3v) is 6.16. The van der Waals surface area contributed by atoms with Crippen LogP contribution in [0.15, 0.2) is 126 Å². The van der Waals surface area contributed by atoms with E-state index < -0.39 is 0 Å². The van der Waals surface area contributed by atoms with Gasteiger partial charge in [0.2, 0.25) is 0 Å². The zero-order chi connectivity index (χ0) is 20.6. The topological polar surface area (TPSA) is 12.4 Å². The summed E-state index contributed by atoms with van der Waals surface area (Å²) in [7, 11) is 0. The quantitative estimate of drug-likeness (QED) is 0.289. The van der Waals surface area contributed by atoms with Crippen molar-refractivity contribution in [2.75, 3.05) is 0 Å². The van der Waals surface area contributed by atoms with Gasteiger partial charge in [-0.25, -0.2) is 0 Å². The third-order valence-electron chi connectivity index (χ3n) is 6.16. The molecule has 1 nitrogen and oxygen atoms in total. The second-order valence-electron chi connectivity index (χ2n) is 7.97. The molecule has 6 rings (SSSR count). The van der Waals surface area contributed by atoms with E-state index in [0.717, 1.165) is 17.0 Å². The molecule has 0 bridgehead atoms.